The second-order valence-electron chi connectivity index (χ2n) is 6.45. The van der Waals surface area contributed by atoms with E-state index < -0.39 is 5.79 Å². The zero-order chi connectivity index (χ0) is 17.0. The van der Waals surface area contributed by atoms with Gasteiger partial charge in [-0.3, -0.25) is 9.69 Å². The fraction of sp³-hybridized carbons (Fsp3) is 0.875. The van der Waals surface area contributed by atoms with Crippen LogP contribution in [0.4, 0.5) is 4.79 Å². The van der Waals surface area contributed by atoms with Gasteiger partial charge in [0.05, 0.1) is 26.4 Å². The van der Waals surface area contributed by atoms with Gasteiger partial charge in [0.1, 0.15) is 0 Å². The average molecular weight is 341 g/mol. The molecule has 0 atom stereocenters. The molecule has 8 heteroatoms. The lowest BCUT2D eigenvalue weighted by molar-refractivity contribution is -0.186. The van der Waals surface area contributed by atoms with Crippen LogP contribution in [0.2, 0.25) is 0 Å². The van der Waals surface area contributed by atoms with Crippen molar-refractivity contribution in [3.63, 3.8) is 0 Å². The van der Waals surface area contributed by atoms with Crippen LogP contribution in [0.25, 0.3) is 0 Å². The molecule has 0 radical (unpaired) electrons. The van der Waals surface area contributed by atoms with Crippen molar-refractivity contribution in [2.45, 2.75) is 25.6 Å². The smallest absolute Gasteiger partial charge is 0.409 e. The summed E-state index contributed by atoms with van der Waals surface area (Å²) in [5.41, 5.74) is 0. The summed E-state index contributed by atoms with van der Waals surface area (Å²) >= 11 is 0. The monoisotopic (exact) mass is 341 g/mol. The highest BCUT2D eigenvalue weighted by molar-refractivity contribution is 5.78. The molecule has 3 saturated heterocycles. The molecule has 0 unspecified atom stereocenters. The van der Waals surface area contributed by atoms with Gasteiger partial charge in [0, 0.05) is 52.1 Å². The second-order valence-corrected chi connectivity index (χ2v) is 6.45. The molecule has 3 aliphatic heterocycles. The van der Waals surface area contributed by atoms with Crippen LogP contribution in [-0.2, 0) is 19.0 Å². The van der Waals surface area contributed by atoms with Crippen LogP contribution in [0.3, 0.4) is 0 Å². The molecule has 0 aromatic carbocycles. The van der Waals surface area contributed by atoms with Crippen LogP contribution in [-0.4, -0.2) is 98.1 Å². The molecule has 2 amide bonds. The molecule has 1 spiro atoms. The van der Waals surface area contributed by atoms with Gasteiger partial charge in [-0.25, -0.2) is 4.79 Å². The number of piperazine rings is 1. The number of hydrogen-bond acceptors (Lipinski definition) is 6. The van der Waals surface area contributed by atoms with Gasteiger partial charge in [0.25, 0.3) is 0 Å². The van der Waals surface area contributed by atoms with Gasteiger partial charge in [0.2, 0.25) is 5.91 Å². The summed E-state index contributed by atoms with van der Waals surface area (Å²) in [5.74, 6) is -0.270. The van der Waals surface area contributed by atoms with E-state index in [1.165, 1.54) is 0 Å². The summed E-state index contributed by atoms with van der Waals surface area (Å²) in [6.45, 7) is 7.78. The van der Waals surface area contributed by atoms with E-state index in [-0.39, 0.29) is 12.0 Å². The van der Waals surface area contributed by atoms with E-state index in [0.29, 0.717) is 52.5 Å². The van der Waals surface area contributed by atoms with Crippen molar-refractivity contribution in [1.82, 2.24) is 14.7 Å². The molecule has 0 N–H and O–H groups in total. The van der Waals surface area contributed by atoms with Crippen molar-refractivity contribution >= 4 is 12.0 Å². The Morgan fingerprint density at radius 1 is 0.958 bits per heavy atom. The van der Waals surface area contributed by atoms with E-state index in [1.54, 1.807) is 11.8 Å². The van der Waals surface area contributed by atoms with Crippen LogP contribution < -0.4 is 0 Å². The van der Waals surface area contributed by atoms with Crippen molar-refractivity contribution in [2.75, 3.05) is 65.6 Å². The van der Waals surface area contributed by atoms with Gasteiger partial charge in [-0.2, -0.15) is 0 Å². The predicted molar refractivity (Wildman–Crippen MR) is 85.5 cm³/mol. The first kappa shape index (κ1) is 17.4. The number of rotatable bonds is 3. The zero-order valence-corrected chi connectivity index (χ0v) is 14.4. The van der Waals surface area contributed by atoms with Crippen molar-refractivity contribution < 1.29 is 23.8 Å². The highest BCUT2D eigenvalue weighted by Crippen LogP contribution is 2.31. The SMILES string of the molecule is CCOC(=O)N1CCN(C(=O)CN2CCC3(CC2)OCCO3)CC1. The van der Waals surface area contributed by atoms with Crippen LogP contribution in [0.15, 0.2) is 0 Å². The summed E-state index contributed by atoms with van der Waals surface area (Å²) in [7, 11) is 0. The van der Waals surface area contributed by atoms with Gasteiger partial charge in [-0.1, -0.05) is 0 Å². The van der Waals surface area contributed by atoms with Gasteiger partial charge in [-0.05, 0) is 6.92 Å². The summed E-state index contributed by atoms with van der Waals surface area (Å²) < 4.78 is 16.4. The minimum absolute atomic E-state index is 0.128. The Balaban J connectivity index is 1.39. The van der Waals surface area contributed by atoms with Gasteiger partial charge >= 0.3 is 6.09 Å². The maximum Gasteiger partial charge on any atom is 0.409 e. The largest absolute Gasteiger partial charge is 0.450 e. The summed E-state index contributed by atoms with van der Waals surface area (Å²) in [5, 5.41) is 0. The molecule has 3 rings (SSSR count). The lowest BCUT2D eigenvalue weighted by Gasteiger charge is -2.39. The van der Waals surface area contributed by atoms with Crippen molar-refractivity contribution in [1.29, 1.82) is 0 Å². The van der Waals surface area contributed by atoms with Gasteiger partial charge in [-0.15, -0.1) is 0 Å². The number of hydrogen-bond donors (Lipinski definition) is 0. The lowest BCUT2D eigenvalue weighted by atomic mass is 10.0. The molecule has 136 valence electrons. The molecule has 0 saturated carbocycles. The normalized spacial score (nSPS) is 24.4. The minimum Gasteiger partial charge on any atom is -0.450 e. The Bertz CT molecular complexity index is 449. The number of amides is 2. The first-order chi connectivity index (χ1) is 11.6. The minimum atomic E-state index is -0.398. The first-order valence-electron chi connectivity index (χ1n) is 8.82. The molecule has 0 bridgehead atoms. The van der Waals surface area contributed by atoms with E-state index >= 15 is 0 Å². The molecule has 24 heavy (non-hydrogen) atoms. The fourth-order valence-electron chi connectivity index (χ4n) is 3.48. The van der Waals surface area contributed by atoms with E-state index in [2.05, 4.69) is 4.90 Å². The lowest BCUT2D eigenvalue weighted by Crippen LogP contribution is -2.54. The molecular formula is C16H27N3O5. The topological polar surface area (TPSA) is 71.6 Å². The van der Waals surface area contributed by atoms with E-state index in [1.807, 2.05) is 4.90 Å². The molecule has 8 nitrogen and oxygen atoms in total. The number of carbonyl (C=O) groups excluding carboxylic acids is 2. The second kappa shape index (κ2) is 7.67. The van der Waals surface area contributed by atoms with Crippen molar-refractivity contribution in [2.24, 2.45) is 0 Å². The molecule has 0 aromatic heterocycles. The Labute approximate surface area is 142 Å². The number of piperidine rings is 1. The highest BCUT2D eigenvalue weighted by atomic mass is 16.7. The summed E-state index contributed by atoms with van der Waals surface area (Å²) in [4.78, 5) is 29.8. The van der Waals surface area contributed by atoms with E-state index in [4.69, 9.17) is 14.2 Å². The maximum atomic E-state index is 12.5. The Morgan fingerprint density at radius 2 is 1.54 bits per heavy atom. The third-order valence-corrected chi connectivity index (χ3v) is 4.95. The Hall–Kier alpha value is -1.38. The van der Waals surface area contributed by atoms with Gasteiger partial charge in [0.15, 0.2) is 5.79 Å². The fourth-order valence-corrected chi connectivity index (χ4v) is 3.48. The van der Waals surface area contributed by atoms with Gasteiger partial charge < -0.3 is 24.0 Å². The average Bonchev–Trinajstić information content (AvgIpc) is 3.06. The zero-order valence-electron chi connectivity index (χ0n) is 14.4. The molecule has 3 fully saturated rings. The van der Waals surface area contributed by atoms with Crippen molar-refractivity contribution in [3.8, 4) is 0 Å². The standard InChI is InChI=1S/C16H27N3O5/c1-2-22-15(21)19-9-7-18(8-10-19)14(20)13-17-5-3-16(4-6-17)23-11-12-24-16/h2-13H2,1H3. The summed E-state index contributed by atoms with van der Waals surface area (Å²) in [6, 6.07) is 0. The molecule has 0 aliphatic carbocycles. The van der Waals surface area contributed by atoms with Crippen LogP contribution in [0.1, 0.15) is 19.8 Å². The highest BCUT2D eigenvalue weighted by Gasteiger charge is 2.40. The van der Waals surface area contributed by atoms with Crippen LogP contribution in [0.5, 0.6) is 0 Å². The van der Waals surface area contributed by atoms with Crippen LogP contribution in [0, 0.1) is 0 Å². The van der Waals surface area contributed by atoms with Crippen molar-refractivity contribution in [3.05, 3.63) is 0 Å². The molecule has 0 aromatic rings. The van der Waals surface area contributed by atoms with E-state index in [9.17, 15) is 9.59 Å². The quantitative estimate of drug-likeness (QED) is 0.726. The first-order valence-corrected chi connectivity index (χ1v) is 8.82. The summed E-state index contributed by atoms with van der Waals surface area (Å²) in [6.07, 6.45) is 1.34. The molecule has 3 aliphatic rings. The number of carbonyl (C=O) groups is 2. The predicted octanol–water partition coefficient (Wildman–Crippen LogP) is 0.126. The Morgan fingerprint density at radius 3 is 2.12 bits per heavy atom. The third kappa shape index (κ3) is 3.99. The molecular weight excluding hydrogens is 314 g/mol. The third-order valence-electron chi connectivity index (χ3n) is 4.95. The number of likely N-dealkylation sites (tertiary alicyclic amines) is 1. The molecule has 3 heterocycles. The van der Waals surface area contributed by atoms with Crippen LogP contribution >= 0.6 is 0 Å². The number of nitrogens with zero attached hydrogens (tertiary/aromatic N) is 3. The number of ether oxygens (including phenoxy) is 3. The van der Waals surface area contributed by atoms with E-state index in [0.717, 1.165) is 25.9 Å². The Kier molecular flexibility index (Phi) is 5.57. The maximum absolute atomic E-state index is 12.5.